The molecule has 0 spiro atoms. The van der Waals surface area contributed by atoms with Crippen molar-refractivity contribution in [2.45, 2.75) is 120 Å². The van der Waals surface area contributed by atoms with Crippen molar-refractivity contribution in [3.63, 3.8) is 0 Å². The van der Waals surface area contributed by atoms with Crippen LogP contribution >= 0.6 is 0 Å². The molecule has 1 saturated carbocycles. The van der Waals surface area contributed by atoms with Crippen molar-refractivity contribution in [1.29, 1.82) is 0 Å². The zero-order valence-electron chi connectivity index (χ0n) is 38.5. The predicted octanol–water partition coefficient (Wildman–Crippen LogP) is 7.25. The maximum absolute atomic E-state index is 14.0. The average Bonchev–Trinajstić information content (AvgIpc) is 3.88. The Morgan fingerprint density at radius 1 is 0.591 bits per heavy atom. The number of hydrogen-bond donors (Lipinski definition) is 4. The average molecular weight is 904 g/mol. The van der Waals surface area contributed by atoms with Crippen LogP contribution in [0.5, 0.6) is 0 Å². The zero-order chi connectivity index (χ0) is 46.2. The lowest BCUT2D eigenvalue weighted by Gasteiger charge is -2.33. The summed E-state index contributed by atoms with van der Waals surface area (Å²) in [5.41, 5.74) is 8.29. The molecule has 0 bridgehead atoms. The van der Waals surface area contributed by atoms with Gasteiger partial charge in [0.1, 0.15) is 23.7 Å². The molecule has 3 saturated heterocycles. The molecule has 9 rings (SSSR count). The van der Waals surface area contributed by atoms with Gasteiger partial charge in [-0.05, 0) is 124 Å². The van der Waals surface area contributed by atoms with E-state index >= 15 is 0 Å². The number of carbonyl (C=O) groups excluding carboxylic acids is 4. The van der Waals surface area contributed by atoms with E-state index in [4.69, 9.17) is 28.9 Å². The Kier molecular flexibility index (Phi) is 12.9. The molecule has 3 aromatic carbocycles. The van der Waals surface area contributed by atoms with Crippen LogP contribution in [0.25, 0.3) is 22.1 Å². The topological polar surface area (TPSA) is 196 Å². The van der Waals surface area contributed by atoms with Gasteiger partial charge in [0.05, 0.1) is 72.7 Å². The number of likely N-dealkylation sites (tertiary alicyclic amines) is 2. The summed E-state index contributed by atoms with van der Waals surface area (Å²) in [7, 11) is 5.57. The number of amides is 4. The summed E-state index contributed by atoms with van der Waals surface area (Å²) in [5.74, 6) is 1.59. The van der Waals surface area contributed by atoms with Gasteiger partial charge >= 0.3 is 12.2 Å². The third kappa shape index (κ3) is 8.77. The Hall–Kier alpha value is -6.20. The summed E-state index contributed by atoms with van der Waals surface area (Å²) < 4.78 is 20.6. The number of aromatic nitrogens is 4. The van der Waals surface area contributed by atoms with Crippen molar-refractivity contribution in [1.82, 2.24) is 40.4 Å². The number of H-pyrrole nitrogens is 2. The summed E-state index contributed by atoms with van der Waals surface area (Å²) in [5, 5.41) is 5.34. The molecule has 4 aliphatic rings. The number of methoxy groups -OCH3 is 4. The number of anilines is 1. The Balaban J connectivity index is 0.992. The van der Waals surface area contributed by atoms with Gasteiger partial charge in [-0.2, -0.15) is 0 Å². The predicted molar refractivity (Wildman–Crippen MR) is 247 cm³/mol. The van der Waals surface area contributed by atoms with Gasteiger partial charge in [-0.1, -0.05) is 24.3 Å². The van der Waals surface area contributed by atoms with Crippen LogP contribution in [-0.4, -0.2) is 120 Å². The van der Waals surface area contributed by atoms with Crippen molar-refractivity contribution >= 4 is 51.8 Å². The van der Waals surface area contributed by atoms with Gasteiger partial charge in [-0.3, -0.25) is 9.59 Å². The molecule has 8 atom stereocenters. The Morgan fingerprint density at radius 3 is 1.44 bits per heavy atom. The second kappa shape index (κ2) is 19.0. The van der Waals surface area contributed by atoms with E-state index in [1.807, 2.05) is 0 Å². The van der Waals surface area contributed by atoms with Gasteiger partial charge in [-0.15, -0.1) is 0 Å². The molecule has 17 nitrogen and oxygen atoms in total. The van der Waals surface area contributed by atoms with Crippen molar-refractivity contribution in [2.24, 2.45) is 0 Å². The fraction of sp³-hybridized carbons (Fsp3) is 0.510. The number of hydrogen-bond acceptors (Lipinski definition) is 11. The van der Waals surface area contributed by atoms with Crippen molar-refractivity contribution in [2.75, 3.05) is 46.4 Å². The smallest absolute Gasteiger partial charge is 0.407 e. The number of nitrogens with one attached hydrogen (secondary N) is 4. The quantitative estimate of drug-likeness (QED) is 0.0877. The van der Waals surface area contributed by atoms with Gasteiger partial charge in [0.25, 0.3) is 0 Å². The van der Waals surface area contributed by atoms with Gasteiger partial charge in [0.2, 0.25) is 11.8 Å². The van der Waals surface area contributed by atoms with Gasteiger partial charge < -0.3 is 54.2 Å². The number of nitrogens with zero attached hydrogens (tertiary/aromatic N) is 5. The van der Waals surface area contributed by atoms with Crippen LogP contribution in [0.2, 0.25) is 0 Å². The minimum Gasteiger partial charge on any atom is -0.453 e. The fourth-order valence-corrected chi connectivity index (χ4v) is 10.4. The van der Waals surface area contributed by atoms with Crippen LogP contribution < -0.4 is 15.5 Å². The zero-order valence-corrected chi connectivity index (χ0v) is 38.5. The van der Waals surface area contributed by atoms with Crippen LogP contribution in [-0.2, 0) is 28.5 Å². The molecule has 4 N–H and O–H groups in total. The Morgan fingerprint density at radius 2 is 1.03 bits per heavy atom. The SMILES string of the molecule is COC(=O)N[C@H](C(=O)N1CCC[C@H]1c1nc2cc([C@@H]3CC[C@@H](c4ccc5[nH]c([C@@H]6CCCN6C(=O)[C@@H](NC(=O)OC)[C@@H](C)OC)nc5c4)N3c3ccc(C4CC4)cc3)ccc2[nH]1)[C@@H](C)OC. The Bertz CT molecular complexity index is 2430. The number of fused-ring (bicyclic) bond motifs is 2. The first-order valence-electron chi connectivity index (χ1n) is 23.2. The Labute approximate surface area is 384 Å². The molecule has 5 heterocycles. The third-order valence-electron chi connectivity index (χ3n) is 14.3. The number of imidazole rings is 2. The molecule has 350 valence electrons. The summed E-state index contributed by atoms with van der Waals surface area (Å²) in [6.07, 6.45) is 4.86. The van der Waals surface area contributed by atoms with E-state index in [1.54, 1.807) is 23.6 Å². The highest BCUT2D eigenvalue weighted by molar-refractivity contribution is 5.88. The van der Waals surface area contributed by atoms with Crippen LogP contribution in [0.1, 0.15) is 124 Å². The van der Waals surface area contributed by atoms with Crippen LogP contribution in [0.4, 0.5) is 15.3 Å². The second-order valence-electron chi connectivity index (χ2n) is 18.2. The molecule has 5 aromatic rings. The molecule has 0 unspecified atom stereocenters. The summed E-state index contributed by atoms with van der Waals surface area (Å²) in [6.45, 7) is 4.57. The number of benzene rings is 3. The first-order chi connectivity index (χ1) is 32.0. The molecule has 3 aliphatic heterocycles. The third-order valence-corrected chi connectivity index (χ3v) is 14.3. The van der Waals surface area contributed by atoms with E-state index in [0.717, 1.165) is 77.4 Å². The first-order valence-corrected chi connectivity index (χ1v) is 23.2. The minimum atomic E-state index is -0.913. The highest BCUT2D eigenvalue weighted by atomic mass is 16.5. The standard InChI is InChI=1S/C49H61N9O8/c1-27(63-3)42(54-48(61)65-5)46(59)56-23-7-9-40(56)44-50-34-19-15-31(25-36(34)52-44)38-21-22-39(58(38)33-17-13-30(14-18-33)29-11-12-29)32-16-20-35-37(26-32)53-45(51-35)41-10-8-24-57(41)47(60)43(28(2)64-4)55-49(62)66-6/h13-20,25-29,38-43H,7-12,21-24H2,1-6H3,(H,50,52)(H,51,53)(H,54,61)(H,55,62)/t27-,28-,38+,39+,40+,41+,42+,43+/m1/s1. The molecule has 0 radical (unpaired) electrons. The molecular weight excluding hydrogens is 843 g/mol. The van der Waals surface area contributed by atoms with E-state index < -0.39 is 36.5 Å². The maximum Gasteiger partial charge on any atom is 0.407 e. The van der Waals surface area contributed by atoms with Crippen molar-refractivity contribution < 1.29 is 38.1 Å². The lowest BCUT2D eigenvalue weighted by molar-refractivity contribution is -0.138. The summed E-state index contributed by atoms with van der Waals surface area (Å²) in [6, 6.07) is 19.7. The highest BCUT2D eigenvalue weighted by Gasteiger charge is 2.41. The fourth-order valence-electron chi connectivity index (χ4n) is 10.4. The van der Waals surface area contributed by atoms with Crippen molar-refractivity contribution in [3.8, 4) is 0 Å². The normalized spacial score (nSPS) is 22.7. The number of alkyl carbamates (subject to hydrolysis) is 2. The van der Waals surface area contributed by atoms with Gasteiger partial charge in [0.15, 0.2) is 0 Å². The summed E-state index contributed by atoms with van der Waals surface area (Å²) >= 11 is 0. The van der Waals surface area contributed by atoms with Crippen LogP contribution in [0, 0.1) is 0 Å². The monoisotopic (exact) mass is 903 g/mol. The van der Waals surface area contributed by atoms with E-state index in [1.165, 1.54) is 46.8 Å². The second-order valence-corrected chi connectivity index (χ2v) is 18.2. The first kappa shape index (κ1) is 45.0. The lowest BCUT2D eigenvalue weighted by atomic mass is 10.0. The van der Waals surface area contributed by atoms with E-state index in [9.17, 15) is 19.2 Å². The van der Waals surface area contributed by atoms with Crippen LogP contribution in [0.3, 0.4) is 0 Å². The van der Waals surface area contributed by atoms with E-state index in [2.05, 4.69) is 86.2 Å². The number of rotatable bonds is 14. The van der Waals surface area contributed by atoms with Crippen molar-refractivity contribution in [3.05, 3.63) is 89.0 Å². The number of ether oxygens (including phenoxy) is 4. The van der Waals surface area contributed by atoms with E-state index in [0.29, 0.717) is 30.7 Å². The number of aromatic amines is 2. The minimum absolute atomic E-state index is 0.0566. The van der Waals surface area contributed by atoms with Gasteiger partial charge in [0, 0.05) is 33.0 Å². The largest absolute Gasteiger partial charge is 0.453 e. The molecule has 4 amide bonds. The van der Waals surface area contributed by atoms with E-state index in [-0.39, 0.29) is 36.0 Å². The van der Waals surface area contributed by atoms with Crippen LogP contribution in [0.15, 0.2) is 60.7 Å². The number of carbonyl (C=O) groups is 4. The molecule has 4 fully saturated rings. The molecule has 2 aromatic heterocycles. The lowest BCUT2D eigenvalue weighted by Crippen LogP contribution is -2.54. The summed E-state index contributed by atoms with van der Waals surface area (Å²) in [4.78, 5) is 75.8. The highest BCUT2D eigenvalue weighted by Crippen LogP contribution is 2.49. The van der Waals surface area contributed by atoms with Gasteiger partial charge in [-0.25, -0.2) is 19.6 Å². The molecule has 66 heavy (non-hydrogen) atoms. The molecular formula is C49H61N9O8. The molecule has 1 aliphatic carbocycles. The maximum atomic E-state index is 14.0. The molecule has 17 heteroatoms.